The van der Waals surface area contributed by atoms with E-state index in [9.17, 15) is 9.59 Å². The fraction of sp³-hybridized carbons (Fsp3) is 0.360. The van der Waals surface area contributed by atoms with E-state index >= 15 is 0 Å². The Labute approximate surface area is 204 Å². The predicted molar refractivity (Wildman–Crippen MR) is 134 cm³/mol. The SMILES string of the molecule is Cc1ccc(C(=O)NCCc2nnc(SCC(=O)N3CCN(c4ccccc4)CC3)n2C)cc1. The third kappa shape index (κ3) is 5.96. The second-order valence-corrected chi connectivity index (χ2v) is 9.26. The Balaban J connectivity index is 1.21. The van der Waals surface area contributed by atoms with Gasteiger partial charge in [0.15, 0.2) is 5.16 Å². The zero-order valence-corrected chi connectivity index (χ0v) is 20.4. The summed E-state index contributed by atoms with van der Waals surface area (Å²) < 4.78 is 1.89. The number of anilines is 1. The lowest BCUT2D eigenvalue weighted by Gasteiger charge is -2.36. The van der Waals surface area contributed by atoms with E-state index in [0.717, 1.165) is 37.6 Å². The van der Waals surface area contributed by atoms with E-state index in [2.05, 4.69) is 32.5 Å². The summed E-state index contributed by atoms with van der Waals surface area (Å²) in [4.78, 5) is 29.2. The summed E-state index contributed by atoms with van der Waals surface area (Å²) in [5.41, 5.74) is 2.96. The van der Waals surface area contributed by atoms with E-state index in [4.69, 9.17) is 0 Å². The third-order valence-corrected chi connectivity index (χ3v) is 6.96. The number of piperazine rings is 1. The third-order valence-electron chi connectivity index (χ3n) is 5.95. The fourth-order valence-corrected chi connectivity index (χ4v) is 4.69. The van der Waals surface area contributed by atoms with Crippen LogP contribution >= 0.6 is 11.8 Å². The molecule has 0 atom stereocenters. The lowest BCUT2D eigenvalue weighted by atomic mass is 10.1. The number of nitrogens with one attached hydrogen (secondary N) is 1. The van der Waals surface area contributed by atoms with Crippen LogP contribution in [0.4, 0.5) is 5.69 Å². The van der Waals surface area contributed by atoms with Crippen molar-refractivity contribution in [1.29, 1.82) is 0 Å². The van der Waals surface area contributed by atoms with Gasteiger partial charge in [-0.15, -0.1) is 10.2 Å². The highest BCUT2D eigenvalue weighted by atomic mass is 32.2. The molecule has 0 bridgehead atoms. The molecular formula is C25H30N6O2S. The van der Waals surface area contributed by atoms with Crippen LogP contribution in [0.3, 0.4) is 0 Å². The van der Waals surface area contributed by atoms with Crippen molar-refractivity contribution in [1.82, 2.24) is 25.0 Å². The van der Waals surface area contributed by atoms with Crippen LogP contribution in [0.5, 0.6) is 0 Å². The largest absolute Gasteiger partial charge is 0.368 e. The topological polar surface area (TPSA) is 83.4 Å². The van der Waals surface area contributed by atoms with Crippen LogP contribution < -0.4 is 10.2 Å². The van der Waals surface area contributed by atoms with Crippen molar-refractivity contribution in [3.05, 3.63) is 71.5 Å². The first-order valence-electron chi connectivity index (χ1n) is 11.4. The Morgan fingerprint density at radius 1 is 0.971 bits per heavy atom. The zero-order chi connectivity index (χ0) is 23.9. The molecule has 9 heteroatoms. The molecule has 4 rings (SSSR count). The van der Waals surface area contributed by atoms with Crippen LogP contribution in [-0.4, -0.2) is 70.0 Å². The Morgan fingerprint density at radius 3 is 2.38 bits per heavy atom. The van der Waals surface area contributed by atoms with Gasteiger partial charge in [-0.3, -0.25) is 9.59 Å². The molecule has 1 aromatic heterocycles. The molecule has 3 aromatic rings. The highest BCUT2D eigenvalue weighted by Crippen LogP contribution is 2.19. The molecule has 1 aliphatic rings. The van der Waals surface area contributed by atoms with E-state index in [1.165, 1.54) is 17.4 Å². The summed E-state index contributed by atoms with van der Waals surface area (Å²) in [5, 5.41) is 12.1. The average molecular weight is 479 g/mol. The van der Waals surface area contributed by atoms with E-state index in [-0.39, 0.29) is 11.8 Å². The molecule has 0 unspecified atom stereocenters. The molecule has 1 aliphatic heterocycles. The van der Waals surface area contributed by atoms with Gasteiger partial charge in [0, 0.05) is 57.4 Å². The van der Waals surface area contributed by atoms with Crippen molar-refractivity contribution in [2.45, 2.75) is 18.5 Å². The van der Waals surface area contributed by atoms with Crippen LogP contribution in [0, 0.1) is 6.92 Å². The lowest BCUT2D eigenvalue weighted by Crippen LogP contribution is -2.49. The molecule has 0 saturated carbocycles. The Morgan fingerprint density at radius 2 is 1.68 bits per heavy atom. The van der Waals surface area contributed by atoms with Crippen molar-refractivity contribution in [2.75, 3.05) is 43.4 Å². The van der Waals surface area contributed by atoms with E-state index in [0.29, 0.717) is 29.4 Å². The van der Waals surface area contributed by atoms with Crippen LogP contribution in [-0.2, 0) is 18.3 Å². The number of hydrogen-bond donors (Lipinski definition) is 1. The van der Waals surface area contributed by atoms with Crippen molar-refractivity contribution >= 4 is 29.3 Å². The molecule has 2 heterocycles. The summed E-state index contributed by atoms with van der Waals surface area (Å²) in [7, 11) is 1.89. The summed E-state index contributed by atoms with van der Waals surface area (Å²) >= 11 is 1.40. The molecule has 8 nitrogen and oxygen atoms in total. The van der Waals surface area contributed by atoms with Gasteiger partial charge in [-0.2, -0.15) is 0 Å². The molecule has 34 heavy (non-hydrogen) atoms. The number of thioether (sulfide) groups is 1. The minimum absolute atomic E-state index is 0.102. The van der Waals surface area contributed by atoms with Crippen molar-refractivity contribution in [2.24, 2.45) is 7.05 Å². The van der Waals surface area contributed by atoms with Gasteiger partial charge < -0.3 is 19.7 Å². The highest BCUT2D eigenvalue weighted by Gasteiger charge is 2.22. The molecule has 0 radical (unpaired) electrons. The first kappa shape index (κ1) is 23.8. The van der Waals surface area contributed by atoms with E-state index in [1.54, 1.807) is 0 Å². The van der Waals surface area contributed by atoms with Crippen molar-refractivity contribution < 1.29 is 9.59 Å². The minimum atomic E-state index is -0.102. The molecular weight excluding hydrogens is 448 g/mol. The minimum Gasteiger partial charge on any atom is -0.368 e. The first-order valence-corrected chi connectivity index (χ1v) is 12.4. The molecule has 178 valence electrons. The maximum Gasteiger partial charge on any atom is 0.251 e. The number of nitrogens with zero attached hydrogens (tertiary/aromatic N) is 5. The van der Waals surface area contributed by atoms with Crippen LogP contribution in [0.2, 0.25) is 0 Å². The van der Waals surface area contributed by atoms with Gasteiger partial charge in [0.1, 0.15) is 5.82 Å². The van der Waals surface area contributed by atoms with Gasteiger partial charge in [0.05, 0.1) is 5.75 Å². The van der Waals surface area contributed by atoms with Crippen molar-refractivity contribution in [3.63, 3.8) is 0 Å². The second-order valence-electron chi connectivity index (χ2n) is 8.32. The monoisotopic (exact) mass is 478 g/mol. The number of hydrogen-bond acceptors (Lipinski definition) is 6. The number of carbonyl (C=O) groups is 2. The maximum absolute atomic E-state index is 12.7. The number of para-hydroxylation sites is 1. The first-order chi connectivity index (χ1) is 16.5. The predicted octanol–water partition coefficient (Wildman–Crippen LogP) is 2.54. The number of carbonyl (C=O) groups excluding carboxylic acids is 2. The molecule has 2 aromatic carbocycles. The summed E-state index contributed by atoms with van der Waals surface area (Å²) in [6.07, 6.45) is 0.567. The molecule has 2 amide bonds. The fourth-order valence-electron chi connectivity index (χ4n) is 3.85. The van der Waals surface area contributed by atoms with Crippen molar-refractivity contribution in [3.8, 4) is 0 Å². The Hall–Kier alpha value is -3.33. The highest BCUT2D eigenvalue weighted by molar-refractivity contribution is 7.99. The van der Waals surface area contributed by atoms with E-state index in [1.807, 2.05) is 65.9 Å². The van der Waals surface area contributed by atoms with Crippen LogP contribution in [0.15, 0.2) is 59.8 Å². The maximum atomic E-state index is 12.7. The van der Waals surface area contributed by atoms with Crippen LogP contribution in [0.1, 0.15) is 21.7 Å². The molecule has 0 spiro atoms. The molecule has 1 fully saturated rings. The number of rotatable bonds is 8. The smallest absolute Gasteiger partial charge is 0.251 e. The van der Waals surface area contributed by atoms with Crippen LogP contribution in [0.25, 0.3) is 0 Å². The van der Waals surface area contributed by atoms with Gasteiger partial charge >= 0.3 is 0 Å². The van der Waals surface area contributed by atoms with Gasteiger partial charge in [-0.25, -0.2) is 0 Å². The van der Waals surface area contributed by atoms with E-state index < -0.39 is 0 Å². The quantitative estimate of drug-likeness (QED) is 0.501. The molecule has 1 N–H and O–H groups in total. The number of aryl methyl sites for hydroxylation is 1. The molecule has 0 aliphatic carbocycles. The average Bonchev–Trinajstić information content (AvgIpc) is 3.22. The second kappa shape index (κ2) is 11.2. The number of amides is 2. The van der Waals surface area contributed by atoms with Gasteiger partial charge in [0.25, 0.3) is 5.91 Å². The van der Waals surface area contributed by atoms with Gasteiger partial charge in [-0.1, -0.05) is 47.7 Å². The summed E-state index contributed by atoms with van der Waals surface area (Å²) in [6, 6.07) is 17.8. The van der Waals surface area contributed by atoms with Gasteiger partial charge in [0.2, 0.25) is 5.91 Å². The zero-order valence-electron chi connectivity index (χ0n) is 19.6. The summed E-state index contributed by atoms with van der Waals surface area (Å²) in [6.45, 7) is 5.57. The number of aromatic nitrogens is 3. The summed E-state index contributed by atoms with van der Waals surface area (Å²) in [5.74, 6) is 1.12. The Kier molecular flexibility index (Phi) is 7.84. The molecule has 1 saturated heterocycles. The standard InChI is InChI=1S/C25H30N6O2S/c1-19-8-10-20(11-9-19)24(33)26-13-12-22-27-28-25(29(22)2)34-18-23(32)31-16-14-30(15-17-31)21-6-4-3-5-7-21/h3-11H,12-18H2,1-2H3,(H,26,33). The number of benzene rings is 2. The normalized spacial score (nSPS) is 13.7. The Bertz CT molecular complexity index is 1110. The lowest BCUT2D eigenvalue weighted by molar-refractivity contribution is -0.128. The van der Waals surface area contributed by atoms with Gasteiger partial charge in [-0.05, 0) is 31.2 Å².